The maximum absolute atomic E-state index is 12.7. The summed E-state index contributed by atoms with van der Waals surface area (Å²) in [6.07, 6.45) is 0.766. The zero-order valence-corrected chi connectivity index (χ0v) is 20.5. The minimum absolute atomic E-state index is 0.0582. The van der Waals surface area contributed by atoms with Gasteiger partial charge < -0.3 is 5.32 Å². The number of nitrogens with one attached hydrogen (secondary N) is 1. The molecule has 1 N–H and O–H groups in total. The molecule has 0 fully saturated rings. The molecule has 2 amide bonds. The molecule has 0 unspecified atom stereocenters. The number of aliphatic imine (C=N–C) groups is 1. The second-order valence-corrected chi connectivity index (χ2v) is 10.0. The van der Waals surface area contributed by atoms with Crippen LogP contribution in [0.4, 0.5) is 5.69 Å². The second-order valence-electron chi connectivity index (χ2n) is 8.85. The van der Waals surface area contributed by atoms with Gasteiger partial charge in [-0.05, 0) is 37.1 Å². The fraction of sp³-hybridized carbons (Fsp3) is 0.214. The minimum atomic E-state index is -0.565. The van der Waals surface area contributed by atoms with E-state index in [0.29, 0.717) is 17.3 Å². The molecule has 5 rings (SSSR count). The summed E-state index contributed by atoms with van der Waals surface area (Å²) in [6.45, 7) is 4.05. The smallest absolute Gasteiger partial charge is 0.262 e. The minimum Gasteiger partial charge on any atom is -0.326 e. The number of thioether (sulfide) groups is 1. The number of hydrogen-bond acceptors (Lipinski definition) is 5. The fourth-order valence-electron chi connectivity index (χ4n) is 4.16. The summed E-state index contributed by atoms with van der Waals surface area (Å²) >= 11 is 1.31. The molecule has 3 aromatic carbocycles. The number of rotatable bonds is 5. The van der Waals surface area contributed by atoms with Crippen molar-refractivity contribution in [2.75, 3.05) is 5.32 Å². The van der Waals surface area contributed by atoms with Crippen LogP contribution in [0.2, 0.25) is 0 Å². The van der Waals surface area contributed by atoms with Gasteiger partial charge in [0.1, 0.15) is 5.25 Å². The van der Waals surface area contributed by atoms with Crippen molar-refractivity contribution < 1.29 is 9.59 Å². The highest BCUT2D eigenvalue weighted by molar-refractivity contribution is 8.15. The van der Waals surface area contributed by atoms with E-state index in [2.05, 4.69) is 41.5 Å². The van der Waals surface area contributed by atoms with E-state index in [4.69, 9.17) is 5.10 Å². The molecule has 2 aliphatic heterocycles. The third-order valence-electron chi connectivity index (χ3n) is 6.11. The van der Waals surface area contributed by atoms with Crippen molar-refractivity contribution in [2.45, 2.75) is 38.0 Å². The molecule has 2 heterocycles. The highest BCUT2D eigenvalue weighted by atomic mass is 32.2. The Bertz CT molecular complexity index is 1300. The van der Waals surface area contributed by atoms with Gasteiger partial charge in [-0.3, -0.25) is 9.59 Å². The lowest BCUT2D eigenvalue weighted by Gasteiger charge is -2.23. The predicted molar refractivity (Wildman–Crippen MR) is 142 cm³/mol. The van der Waals surface area contributed by atoms with Gasteiger partial charge in [-0.25, -0.2) is 5.01 Å². The number of aryl methyl sites for hydroxylation is 2. The van der Waals surface area contributed by atoms with Gasteiger partial charge in [0, 0.05) is 18.5 Å². The quantitative estimate of drug-likeness (QED) is 0.523. The Labute approximate surface area is 209 Å². The van der Waals surface area contributed by atoms with Crippen LogP contribution in [0, 0.1) is 13.8 Å². The van der Waals surface area contributed by atoms with Gasteiger partial charge in [0.25, 0.3) is 5.91 Å². The van der Waals surface area contributed by atoms with Gasteiger partial charge >= 0.3 is 0 Å². The van der Waals surface area contributed by atoms with Crippen LogP contribution in [0.5, 0.6) is 0 Å². The molecule has 176 valence electrons. The van der Waals surface area contributed by atoms with E-state index >= 15 is 0 Å². The maximum Gasteiger partial charge on any atom is 0.262 e. The van der Waals surface area contributed by atoms with Gasteiger partial charge in [-0.1, -0.05) is 89.6 Å². The van der Waals surface area contributed by atoms with Gasteiger partial charge in [0.15, 0.2) is 5.17 Å². The van der Waals surface area contributed by atoms with E-state index in [1.807, 2.05) is 66.5 Å². The normalized spacial score (nSPS) is 19.5. The summed E-state index contributed by atoms with van der Waals surface area (Å²) in [5, 5.41) is 9.59. The molecule has 6 nitrogen and oxygen atoms in total. The monoisotopic (exact) mass is 482 g/mol. The Morgan fingerprint density at radius 2 is 1.63 bits per heavy atom. The first-order valence-corrected chi connectivity index (χ1v) is 12.5. The lowest BCUT2D eigenvalue weighted by Crippen LogP contribution is -2.25. The predicted octanol–water partition coefficient (Wildman–Crippen LogP) is 5.48. The van der Waals surface area contributed by atoms with Crippen LogP contribution in [0.3, 0.4) is 0 Å². The summed E-state index contributed by atoms with van der Waals surface area (Å²) in [5.74, 6) is -0.504. The Balaban J connectivity index is 1.34. The van der Waals surface area contributed by atoms with Crippen molar-refractivity contribution in [3.8, 4) is 0 Å². The Hall–Kier alpha value is -3.71. The molecule has 3 aromatic rings. The fourth-order valence-corrected chi connectivity index (χ4v) is 5.22. The number of carbonyl (C=O) groups excluding carboxylic acids is 2. The molecule has 2 atom stereocenters. The first kappa shape index (κ1) is 23.1. The lowest BCUT2D eigenvalue weighted by atomic mass is 9.98. The van der Waals surface area contributed by atoms with Crippen LogP contribution < -0.4 is 5.32 Å². The molecule has 7 heteroatoms. The molecule has 0 bridgehead atoms. The molecule has 0 spiro atoms. The van der Waals surface area contributed by atoms with Crippen LogP contribution in [0.1, 0.15) is 41.1 Å². The van der Waals surface area contributed by atoms with Crippen molar-refractivity contribution in [3.05, 3.63) is 101 Å². The van der Waals surface area contributed by atoms with Crippen molar-refractivity contribution in [1.82, 2.24) is 5.01 Å². The molecule has 0 saturated carbocycles. The van der Waals surface area contributed by atoms with Gasteiger partial charge in [0.2, 0.25) is 5.91 Å². The van der Waals surface area contributed by atoms with Crippen LogP contribution in [0.15, 0.2) is 89.0 Å². The largest absolute Gasteiger partial charge is 0.326 e. The van der Waals surface area contributed by atoms with Gasteiger partial charge in [0.05, 0.1) is 11.8 Å². The molecular formula is C28H26N4O2S. The first-order chi connectivity index (χ1) is 17.0. The van der Waals surface area contributed by atoms with Gasteiger partial charge in [-0.15, -0.1) is 0 Å². The number of benzene rings is 3. The van der Waals surface area contributed by atoms with Crippen molar-refractivity contribution in [2.24, 2.45) is 10.1 Å². The third kappa shape index (κ3) is 5.20. The molecule has 0 aromatic heterocycles. The van der Waals surface area contributed by atoms with Crippen LogP contribution in [0.25, 0.3) is 0 Å². The highest BCUT2D eigenvalue weighted by Crippen LogP contribution is 2.38. The molecule has 0 aliphatic carbocycles. The van der Waals surface area contributed by atoms with E-state index in [9.17, 15) is 9.59 Å². The molecular weight excluding hydrogens is 456 g/mol. The highest BCUT2D eigenvalue weighted by Gasteiger charge is 2.39. The molecule has 35 heavy (non-hydrogen) atoms. The summed E-state index contributed by atoms with van der Waals surface area (Å²) in [4.78, 5) is 29.7. The number of hydrogen-bond donors (Lipinski definition) is 1. The lowest BCUT2D eigenvalue weighted by molar-refractivity contribution is -0.121. The standard InChI is InChI=1S/C28H26N4O2S/c1-18-8-12-21(13-9-18)24-16-23(20-6-4-3-5-7-20)31-32(24)28-30-27(34)25(35-28)17-26(33)29-22-14-10-19(2)11-15-22/h3-15,24-25H,16-17H2,1-2H3,(H,29,33)/t24-,25+/m0/s1. The SMILES string of the molecule is Cc1ccc(NC(=O)C[C@H]2SC(N3N=C(c4ccccc4)C[C@H]3c3ccc(C)cc3)=NC2=O)cc1. The molecule has 0 saturated heterocycles. The second kappa shape index (κ2) is 9.88. The number of carbonyl (C=O) groups is 2. The molecule has 2 aliphatic rings. The van der Waals surface area contributed by atoms with Crippen LogP contribution in [-0.4, -0.2) is 33.0 Å². The van der Waals surface area contributed by atoms with Crippen molar-refractivity contribution in [3.63, 3.8) is 0 Å². The average molecular weight is 483 g/mol. The summed E-state index contributed by atoms with van der Waals surface area (Å²) < 4.78 is 0. The average Bonchev–Trinajstić information content (AvgIpc) is 3.46. The number of hydrazone groups is 1. The van der Waals surface area contributed by atoms with Gasteiger partial charge in [-0.2, -0.15) is 10.1 Å². The number of amides is 2. The zero-order valence-electron chi connectivity index (χ0n) is 19.6. The first-order valence-electron chi connectivity index (χ1n) is 11.6. The Kier molecular flexibility index (Phi) is 6.51. The van der Waals surface area contributed by atoms with E-state index in [-0.39, 0.29) is 24.3 Å². The zero-order chi connectivity index (χ0) is 24.4. The summed E-state index contributed by atoms with van der Waals surface area (Å²) in [5.41, 5.74) is 6.13. The number of anilines is 1. The van der Waals surface area contributed by atoms with Crippen molar-refractivity contribution in [1.29, 1.82) is 0 Å². The van der Waals surface area contributed by atoms with E-state index in [1.54, 1.807) is 0 Å². The number of amidine groups is 1. The summed E-state index contributed by atoms with van der Waals surface area (Å²) in [6, 6.07) is 26.0. The summed E-state index contributed by atoms with van der Waals surface area (Å²) in [7, 11) is 0. The van der Waals surface area contributed by atoms with Crippen molar-refractivity contribution >= 4 is 40.1 Å². The van der Waals surface area contributed by atoms with E-state index < -0.39 is 5.25 Å². The van der Waals surface area contributed by atoms with E-state index in [0.717, 1.165) is 22.4 Å². The Morgan fingerprint density at radius 1 is 0.971 bits per heavy atom. The molecule has 0 radical (unpaired) electrons. The number of nitrogens with zero attached hydrogens (tertiary/aromatic N) is 3. The third-order valence-corrected chi connectivity index (χ3v) is 7.25. The van der Waals surface area contributed by atoms with Crippen LogP contribution in [-0.2, 0) is 9.59 Å². The van der Waals surface area contributed by atoms with E-state index in [1.165, 1.54) is 17.3 Å². The maximum atomic E-state index is 12.7. The van der Waals surface area contributed by atoms with Crippen LogP contribution >= 0.6 is 11.8 Å². The Morgan fingerprint density at radius 3 is 2.31 bits per heavy atom. The topological polar surface area (TPSA) is 74.1 Å².